The highest BCUT2D eigenvalue weighted by Crippen LogP contribution is 2.16. The molecule has 1 aliphatic rings. The number of rotatable bonds is 2. The van der Waals surface area contributed by atoms with Crippen molar-refractivity contribution >= 4 is 17.5 Å². The first kappa shape index (κ1) is 16.7. The van der Waals surface area contributed by atoms with Crippen LogP contribution in [0.15, 0.2) is 53.9 Å². The molecule has 3 nitrogen and oxygen atoms in total. The molecule has 0 atom stereocenters. The summed E-state index contributed by atoms with van der Waals surface area (Å²) in [7, 11) is 3.58. The van der Waals surface area contributed by atoms with Crippen molar-refractivity contribution in [1.82, 2.24) is 10.2 Å². The molecule has 2 rings (SSSR count). The molecule has 0 bridgehead atoms. The number of hydrogen-bond donors (Lipinski definition) is 2. The third-order valence-corrected chi connectivity index (χ3v) is 3.56. The fraction of sp³-hybridized carbons (Fsp3) is 0.211. The predicted octanol–water partition coefficient (Wildman–Crippen LogP) is 2.26. The molecule has 0 saturated carbocycles. The van der Waals surface area contributed by atoms with Crippen molar-refractivity contribution in [2.45, 2.75) is 13.8 Å². The van der Waals surface area contributed by atoms with E-state index in [1.165, 1.54) is 12.1 Å². The van der Waals surface area contributed by atoms with E-state index in [0.29, 0.717) is 11.1 Å². The van der Waals surface area contributed by atoms with Gasteiger partial charge in [0.2, 0.25) is 0 Å². The van der Waals surface area contributed by atoms with E-state index in [1.54, 1.807) is 31.1 Å². The van der Waals surface area contributed by atoms with Crippen LogP contribution in [0.2, 0.25) is 0 Å². The van der Waals surface area contributed by atoms with Crippen LogP contribution in [0.5, 0.6) is 0 Å². The molecule has 1 aromatic carbocycles. The van der Waals surface area contributed by atoms with Crippen LogP contribution in [0.4, 0.5) is 4.39 Å². The van der Waals surface area contributed by atoms with Gasteiger partial charge in [-0.2, -0.15) is 0 Å². The topological polar surface area (TPSA) is 39.1 Å². The number of nitrogens with zero attached hydrogens (tertiary/aromatic N) is 1. The lowest BCUT2D eigenvalue weighted by atomic mass is 10.0. The summed E-state index contributed by atoms with van der Waals surface area (Å²) in [6.45, 7) is 7.89. The lowest BCUT2D eigenvalue weighted by molar-refractivity contribution is 0.623. The summed E-state index contributed by atoms with van der Waals surface area (Å²) >= 11 is 0. The molecule has 1 aliphatic heterocycles. The van der Waals surface area contributed by atoms with Crippen LogP contribution >= 0.6 is 0 Å². The van der Waals surface area contributed by atoms with Gasteiger partial charge in [-0.15, -0.1) is 0 Å². The molecule has 2 N–H and O–H groups in total. The maximum Gasteiger partial charge on any atom is 0.123 e. The van der Waals surface area contributed by atoms with Crippen LogP contribution in [0.1, 0.15) is 13.8 Å². The minimum absolute atomic E-state index is 0.314. The van der Waals surface area contributed by atoms with Crippen molar-refractivity contribution in [3.63, 3.8) is 0 Å². The monoisotopic (exact) mass is 311 g/mol. The van der Waals surface area contributed by atoms with Crippen LogP contribution in [0.25, 0.3) is 11.6 Å². The van der Waals surface area contributed by atoms with Gasteiger partial charge in [0.15, 0.2) is 0 Å². The third kappa shape index (κ3) is 3.97. The van der Waals surface area contributed by atoms with Gasteiger partial charge in [-0.3, -0.25) is 5.41 Å². The minimum Gasteiger partial charge on any atom is -0.363 e. The van der Waals surface area contributed by atoms with Gasteiger partial charge in [-0.05, 0) is 65.8 Å². The highest BCUT2D eigenvalue weighted by Gasteiger charge is 2.08. The van der Waals surface area contributed by atoms with E-state index in [-0.39, 0.29) is 5.82 Å². The Morgan fingerprint density at radius 3 is 2.61 bits per heavy atom. The number of benzene rings is 1. The number of allylic oxidation sites excluding steroid dienone is 4. The summed E-state index contributed by atoms with van der Waals surface area (Å²) in [4.78, 5) is 1.68. The number of amidine groups is 1. The van der Waals surface area contributed by atoms with Gasteiger partial charge >= 0.3 is 0 Å². The Hall–Kier alpha value is -2.62. The molecule has 4 heteroatoms. The van der Waals surface area contributed by atoms with Crippen molar-refractivity contribution in [2.24, 2.45) is 0 Å². The average Bonchev–Trinajstić information content (AvgIpc) is 2.46. The molecule has 0 saturated heterocycles. The Labute approximate surface area is 136 Å². The molecule has 1 heterocycles. The first-order valence-corrected chi connectivity index (χ1v) is 7.38. The van der Waals surface area contributed by atoms with Crippen molar-refractivity contribution < 1.29 is 4.39 Å². The predicted molar refractivity (Wildman–Crippen MR) is 94.7 cm³/mol. The normalized spacial score (nSPS) is 17.2. The van der Waals surface area contributed by atoms with E-state index in [2.05, 4.69) is 11.9 Å². The van der Waals surface area contributed by atoms with Crippen molar-refractivity contribution in [3.8, 4) is 0 Å². The van der Waals surface area contributed by atoms with Crippen LogP contribution in [0, 0.1) is 11.2 Å². The highest BCUT2D eigenvalue weighted by molar-refractivity contribution is 6.06. The fourth-order valence-electron chi connectivity index (χ4n) is 2.29. The summed E-state index contributed by atoms with van der Waals surface area (Å²) in [5.74, 6) is 0.00193. The molecular formula is C19H22FN3. The largest absolute Gasteiger partial charge is 0.363 e. The second kappa shape index (κ2) is 6.65. The Bertz CT molecular complexity index is 842. The summed E-state index contributed by atoms with van der Waals surface area (Å²) in [5.41, 5.74) is 3.84. The second-order valence-corrected chi connectivity index (χ2v) is 5.90. The molecule has 0 radical (unpaired) electrons. The van der Waals surface area contributed by atoms with Crippen molar-refractivity contribution in [1.29, 1.82) is 5.41 Å². The van der Waals surface area contributed by atoms with Gasteiger partial charge in [0.1, 0.15) is 11.7 Å². The van der Waals surface area contributed by atoms with Gasteiger partial charge in [0.05, 0.1) is 0 Å². The lowest BCUT2D eigenvalue weighted by Crippen LogP contribution is -2.31. The zero-order chi connectivity index (χ0) is 17.1. The molecule has 0 unspecified atom stereocenters. The molecule has 120 valence electrons. The smallest absolute Gasteiger partial charge is 0.123 e. The van der Waals surface area contributed by atoms with Gasteiger partial charge < -0.3 is 10.2 Å². The summed E-state index contributed by atoms with van der Waals surface area (Å²) < 4.78 is 13.7. The third-order valence-electron chi connectivity index (χ3n) is 3.56. The van der Waals surface area contributed by atoms with Crippen LogP contribution in [-0.2, 0) is 0 Å². The average molecular weight is 311 g/mol. The van der Waals surface area contributed by atoms with Gasteiger partial charge in [-0.1, -0.05) is 12.6 Å². The Morgan fingerprint density at radius 1 is 1.30 bits per heavy atom. The molecule has 0 fully saturated rings. The summed E-state index contributed by atoms with van der Waals surface area (Å²) in [6.07, 6.45) is 5.68. The summed E-state index contributed by atoms with van der Waals surface area (Å²) in [6, 6.07) is 4.65. The van der Waals surface area contributed by atoms with Crippen LogP contribution < -0.4 is 15.8 Å². The van der Waals surface area contributed by atoms with Crippen molar-refractivity contribution in [3.05, 3.63) is 70.2 Å². The molecule has 0 aliphatic carbocycles. The number of halogens is 1. The standard InChI is InChI=1S/C19H22FN3/c1-12(2)18-10-14(8-13(3)22-18)17-7-6-16(20)9-15(17)11-19(21)23(4)5/h6-11,21-22H,1H2,2-5H3/b15-11+,17-14-,21-19?. The quantitative estimate of drug-likeness (QED) is 0.649. The maximum atomic E-state index is 13.7. The van der Waals surface area contributed by atoms with E-state index < -0.39 is 0 Å². The first-order valence-electron chi connectivity index (χ1n) is 7.38. The maximum absolute atomic E-state index is 13.7. The number of dihydropyridines is 1. The zero-order valence-corrected chi connectivity index (χ0v) is 14.0. The van der Waals surface area contributed by atoms with E-state index in [0.717, 1.165) is 27.8 Å². The molecule has 1 aromatic rings. The first-order chi connectivity index (χ1) is 10.8. The Balaban J connectivity index is 2.79. The fourth-order valence-corrected chi connectivity index (χ4v) is 2.29. The summed E-state index contributed by atoms with van der Waals surface area (Å²) in [5, 5.41) is 12.8. The lowest BCUT2D eigenvalue weighted by Gasteiger charge is -2.17. The number of nitrogens with one attached hydrogen (secondary N) is 2. The van der Waals surface area contributed by atoms with E-state index in [9.17, 15) is 4.39 Å². The molecule has 0 amide bonds. The Morgan fingerprint density at radius 2 is 2.00 bits per heavy atom. The van der Waals surface area contributed by atoms with E-state index in [1.807, 2.05) is 26.0 Å². The Kier molecular flexibility index (Phi) is 4.84. The zero-order valence-electron chi connectivity index (χ0n) is 14.0. The highest BCUT2D eigenvalue weighted by atomic mass is 19.1. The molecular weight excluding hydrogens is 289 g/mol. The second-order valence-electron chi connectivity index (χ2n) is 5.90. The molecule has 0 spiro atoms. The van der Waals surface area contributed by atoms with Crippen LogP contribution in [-0.4, -0.2) is 24.8 Å². The van der Waals surface area contributed by atoms with Gasteiger partial charge in [0, 0.05) is 25.5 Å². The van der Waals surface area contributed by atoms with E-state index in [4.69, 9.17) is 5.41 Å². The SMILES string of the molecule is C=C(C)C1=C/C(=c2/ccc(F)c/c2=C\C(=N)N(C)C)C=C(C)N1. The van der Waals surface area contributed by atoms with Gasteiger partial charge in [0.25, 0.3) is 0 Å². The van der Waals surface area contributed by atoms with Gasteiger partial charge in [-0.25, -0.2) is 4.39 Å². The number of hydrogen-bond acceptors (Lipinski definition) is 2. The van der Waals surface area contributed by atoms with Crippen LogP contribution in [0.3, 0.4) is 0 Å². The van der Waals surface area contributed by atoms with E-state index >= 15 is 0 Å². The molecule has 0 aromatic heterocycles. The minimum atomic E-state index is -0.314. The van der Waals surface area contributed by atoms with Crippen molar-refractivity contribution in [2.75, 3.05) is 14.1 Å². The molecule has 23 heavy (non-hydrogen) atoms.